The fourth-order valence-corrected chi connectivity index (χ4v) is 19.4. The molecule has 1 aliphatic carbocycles. The third-order valence-corrected chi connectivity index (χ3v) is 22.6. The van der Waals surface area contributed by atoms with E-state index in [1.165, 1.54) is 132 Å². The Bertz CT molecular complexity index is 3140. The largest absolute Gasteiger partial charge is 0.162 e. The van der Waals surface area contributed by atoms with E-state index in [0.717, 1.165) is 0 Å². The van der Waals surface area contributed by atoms with Crippen LogP contribution in [0.3, 0.4) is 0 Å². The highest BCUT2D eigenvalue weighted by atomic mass is 28.3. The Kier molecular flexibility index (Phi) is 12.3. The van der Waals surface area contributed by atoms with Gasteiger partial charge >= 0.3 is 0 Å². The first-order valence-corrected chi connectivity index (χ1v) is 27.0. The molecule has 0 radical (unpaired) electrons. The van der Waals surface area contributed by atoms with Gasteiger partial charge in [0, 0.05) is 5.04 Å². The Hall–Kier alpha value is -7.32. The molecule has 344 valence electrons. The number of hydrogen-bond donors (Lipinski definition) is 0. The van der Waals surface area contributed by atoms with Crippen molar-refractivity contribution in [2.45, 2.75) is 74.3 Å². The molecule has 1 heteroatoms. The van der Waals surface area contributed by atoms with E-state index >= 15 is 0 Å². The molecule has 0 saturated heterocycles. The number of rotatable bonds is 10. The molecule has 0 heterocycles. The van der Waals surface area contributed by atoms with Gasteiger partial charge in [0.15, 0.2) is 8.07 Å². The summed E-state index contributed by atoms with van der Waals surface area (Å²) in [6.45, 7) is 24.4. The minimum Gasteiger partial charge on any atom is -0.0730 e. The van der Waals surface area contributed by atoms with E-state index in [2.05, 4.69) is 276 Å². The minimum atomic E-state index is -3.49. The maximum Gasteiger partial charge on any atom is 0.162 e. The highest BCUT2D eigenvalue weighted by Gasteiger charge is 2.58. The fourth-order valence-electron chi connectivity index (χ4n) is 12.4. The summed E-state index contributed by atoms with van der Waals surface area (Å²) in [6, 6.07) is 74.9. The Labute approximate surface area is 418 Å². The third-order valence-electron chi connectivity index (χ3n) is 16.6. The molecule has 0 saturated carbocycles. The van der Waals surface area contributed by atoms with E-state index in [1.807, 2.05) is 0 Å². The molecule has 1 atom stereocenters. The quantitative estimate of drug-likeness (QED) is 0.0947. The average Bonchev–Trinajstić information content (AvgIpc) is 3.60. The van der Waals surface area contributed by atoms with Gasteiger partial charge in [0.2, 0.25) is 0 Å². The summed E-state index contributed by atoms with van der Waals surface area (Å²) in [5.74, 6) is 0. The SMILES string of the molecule is CC1=CC(C)([Si](c2cc(-c3ccccc3)c(-c3ccccc3)c(C)c2C)(c2cc(-c3ccccc3)c(-c3ccccc3)c(C)c2C)c2cc(-c3ccccc3)c(-c3ccccc3)c(C)c2C)C(C)=C1C. The van der Waals surface area contributed by atoms with Crippen LogP contribution in [0.25, 0.3) is 66.8 Å². The summed E-state index contributed by atoms with van der Waals surface area (Å²) in [5.41, 5.74) is 27.5. The fraction of sp³-hybridized carbons (Fsp3) is 0.159. The van der Waals surface area contributed by atoms with Crippen LogP contribution in [0, 0.1) is 41.5 Å². The zero-order chi connectivity index (χ0) is 48.9. The highest BCUT2D eigenvalue weighted by molar-refractivity contribution is 7.15. The van der Waals surface area contributed by atoms with Gasteiger partial charge < -0.3 is 0 Å². The standard InChI is InChI=1S/C69H64Si/c1-45-44-69(10,53(9)46(45)2)70(63-41-60(54-29-17-11-18-30-54)66(50(6)47(63)3)57-35-23-14-24-36-57,64-42-61(55-31-19-12-20-32-55)67(51(7)48(64)4)58-37-25-15-26-38-58)65-43-62(56-33-21-13-22-34-56)68(52(8)49(65)5)59-39-27-16-28-40-59/h11-44H,1-10H3. The molecule has 0 nitrogen and oxygen atoms in total. The average molecular weight is 921 g/mol. The molecule has 0 aromatic heterocycles. The number of allylic oxidation sites excluding steroid dienone is 4. The van der Waals surface area contributed by atoms with Gasteiger partial charge in [0.05, 0.1) is 0 Å². The van der Waals surface area contributed by atoms with Crippen molar-refractivity contribution in [1.82, 2.24) is 0 Å². The van der Waals surface area contributed by atoms with Crippen molar-refractivity contribution < 1.29 is 0 Å². The van der Waals surface area contributed by atoms with E-state index in [9.17, 15) is 0 Å². The molecular formula is C69H64Si. The van der Waals surface area contributed by atoms with Gasteiger partial charge in [-0.05, 0) is 184 Å². The second-order valence-electron chi connectivity index (χ2n) is 20.0. The van der Waals surface area contributed by atoms with Gasteiger partial charge in [-0.3, -0.25) is 0 Å². The lowest BCUT2D eigenvalue weighted by Gasteiger charge is -2.50. The monoisotopic (exact) mass is 920 g/mol. The van der Waals surface area contributed by atoms with Gasteiger partial charge in [-0.25, -0.2) is 0 Å². The van der Waals surface area contributed by atoms with Crippen molar-refractivity contribution in [2.75, 3.05) is 0 Å². The van der Waals surface area contributed by atoms with E-state index in [1.54, 1.807) is 0 Å². The lowest BCUT2D eigenvalue weighted by atomic mass is 9.88. The molecule has 1 unspecified atom stereocenters. The molecule has 0 amide bonds. The van der Waals surface area contributed by atoms with Crippen LogP contribution >= 0.6 is 0 Å². The summed E-state index contributed by atoms with van der Waals surface area (Å²) in [4.78, 5) is 0. The molecular weight excluding hydrogens is 857 g/mol. The third kappa shape index (κ3) is 7.42. The molecule has 1 aliphatic rings. The molecule has 9 aromatic rings. The second-order valence-corrected chi connectivity index (χ2v) is 24.2. The van der Waals surface area contributed by atoms with Crippen molar-refractivity contribution in [3.05, 3.63) is 256 Å². The van der Waals surface area contributed by atoms with E-state index < -0.39 is 13.1 Å². The van der Waals surface area contributed by atoms with Crippen LogP contribution in [0.15, 0.2) is 223 Å². The molecule has 0 fully saturated rings. The minimum absolute atomic E-state index is 0.403. The maximum atomic E-state index is 2.70. The molecule has 0 bridgehead atoms. The van der Waals surface area contributed by atoms with Crippen LogP contribution in [0.4, 0.5) is 0 Å². The maximum absolute atomic E-state index is 3.49. The van der Waals surface area contributed by atoms with Crippen LogP contribution in [-0.4, -0.2) is 8.07 Å². The zero-order valence-corrected chi connectivity index (χ0v) is 43.6. The van der Waals surface area contributed by atoms with E-state index in [-0.39, 0.29) is 0 Å². The van der Waals surface area contributed by atoms with Gasteiger partial charge in [-0.15, -0.1) is 0 Å². The van der Waals surface area contributed by atoms with Crippen LogP contribution in [0.2, 0.25) is 5.04 Å². The Balaban J connectivity index is 1.50. The Morgan fingerprint density at radius 1 is 0.300 bits per heavy atom. The molecule has 9 aromatic carbocycles. The summed E-state index contributed by atoms with van der Waals surface area (Å²) < 4.78 is 0. The first kappa shape index (κ1) is 46.4. The summed E-state index contributed by atoms with van der Waals surface area (Å²) in [6.07, 6.45) is 2.70. The van der Waals surface area contributed by atoms with Crippen LogP contribution < -0.4 is 15.6 Å². The van der Waals surface area contributed by atoms with Crippen molar-refractivity contribution in [3.8, 4) is 66.8 Å². The Morgan fingerprint density at radius 3 is 0.771 bits per heavy atom. The molecule has 0 aliphatic heterocycles. The lowest BCUT2D eigenvalue weighted by Crippen LogP contribution is -2.75. The van der Waals surface area contributed by atoms with Crippen LogP contribution in [0.1, 0.15) is 61.1 Å². The topological polar surface area (TPSA) is 0 Å². The zero-order valence-electron chi connectivity index (χ0n) is 42.6. The summed E-state index contributed by atoms with van der Waals surface area (Å²) in [7, 11) is -3.49. The highest BCUT2D eigenvalue weighted by Crippen LogP contribution is 2.55. The van der Waals surface area contributed by atoms with Gasteiger partial charge in [-0.1, -0.05) is 224 Å². The smallest absolute Gasteiger partial charge is 0.0730 e. The van der Waals surface area contributed by atoms with Crippen LogP contribution in [-0.2, 0) is 0 Å². The van der Waals surface area contributed by atoms with E-state index in [4.69, 9.17) is 0 Å². The van der Waals surface area contributed by atoms with Crippen molar-refractivity contribution in [2.24, 2.45) is 0 Å². The van der Waals surface area contributed by atoms with Gasteiger partial charge in [0.25, 0.3) is 0 Å². The van der Waals surface area contributed by atoms with Gasteiger partial charge in [-0.2, -0.15) is 0 Å². The second kappa shape index (κ2) is 18.5. The van der Waals surface area contributed by atoms with E-state index in [0.29, 0.717) is 0 Å². The predicted octanol–water partition coefficient (Wildman–Crippen LogP) is 17.1. The van der Waals surface area contributed by atoms with Gasteiger partial charge in [0.1, 0.15) is 0 Å². The molecule has 0 spiro atoms. The normalized spacial score (nSPS) is 14.8. The number of benzene rings is 9. The first-order chi connectivity index (χ1) is 33.9. The molecule has 70 heavy (non-hydrogen) atoms. The summed E-state index contributed by atoms with van der Waals surface area (Å²) >= 11 is 0. The molecule has 10 rings (SSSR count). The number of hydrogen-bond acceptors (Lipinski definition) is 0. The predicted molar refractivity (Wildman–Crippen MR) is 306 cm³/mol. The first-order valence-electron chi connectivity index (χ1n) is 25.0. The van der Waals surface area contributed by atoms with Crippen molar-refractivity contribution >= 4 is 23.6 Å². The Morgan fingerprint density at radius 2 is 0.543 bits per heavy atom. The lowest BCUT2D eigenvalue weighted by molar-refractivity contribution is 0.868. The van der Waals surface area contributed by atoms with Crippen molar-refractivity contribution in [3.63, 3.8) is 0 Å². The van der Waals surface area contributed by atoms with Crippen molar-refractivity contribution in [1.29, 1.82) is 0 Å². The van der Waals surface area contributed by atoms with Crippen LogP contribution in [0.5, 0.6) is 0 Å². The summed E-state index contributed by atoms with van der Waals surface area (Å²) in [5, 5.41) is 3.99. The molecule has 0 N–H and O–H groups in total.